The Morgan fingerprint density at radius 1 is 1.07 bits per heavy atom. The van der Waals surface area contributed by atoms with Gasteiger partial charge in [-0.15, -0.1) is 0 Å². The molecule has 0 radical (unpaired) electrons. The molecule has 0 saturated heterocycles. The van der Waals surface area contributed by atoms with E-state index in [2.05, 4.69) is 10.5 Å². The normalized spacial score (nSPS) is 10.9. The van der Waals surface area contributed by atoms with Gasteiger partial charge in [-0.3, -0.25) is 4.79 Å². The van der Waals surface area contributed by atoms with Crippen LogP contribution in [0.3, 0.4) is 0 Å². The fraction of sp³-hybridized carbons (Fsp3) is 0.208. The van der Waals surface area contributed by atoms with Crippen molar-refractivity contribution in [1.29, 1.82) is 0 Å². The van der Waals surface area contributed by atoms with Crippen molar-refractivity contribution < 1.29 is 14.3 Å². The molecular formula is C24H25N3O3. The van der Waals surface area contributed by atoms with Gasteiger partial charge in [-0.25, -0.2) is 10.2 Å². The van der Waals surface area contributed by atoms with E-state index in [1.54, 1.807) is 19.2 Å². The highest BCUT2D eigenvalue weighted by Crippen LogP contribution is 2.23. The lowest BCUT2D eigenvalue weighted by molar-refractivity contribution is -0.120. The highest BCUT2D eigenvalue weighted by atomic mass is 16.5. The molecule has 1 heterocycles. The van der Waals surface area contributed by atoms with Crippen LogP contribution in [0.4, 0.5) is 0 Å². The van der Waals surface area contributed by atoms with Gasteiger partial charge in [-0.1, -0.05) is 42.5 Å². The molecule has 0 bridgehead atoms. The molecule has 30 heavy (non-hydrogen) atoms. The van der Waals surface area contributed by atoms with Crippen LogP contribution in [-0.4, -0.2) is 29.3 Å². The molecule has 3 rings (SSSR count). The maximum Gasteiger partial charge on any atom is 0.340 e. The summed E-state index contributed by atoms with van der Waals surface area (Å²) in [6.45, 7) is 6.01. The number of carbonyl (C=O) groups is 2. The Kier molecular flexibility index (Phi) is 6.80. The third-order valence-electron chi connectivity index (χ3n) is 4.71. The lowest BCUT2D eigenvalue weighted by atomic mass is 10.1. The van der Waals surface area contributed by atoms with E-state index in [1.165, 1.54) is 0 Å². The molecule has 6 heteroatoms. The van der Waals surface area contributed by atoms with Gasteiger partial charge in [-0.05, 0) is 44.5 Å². The minimum absolute atomic E-state index is 0.182. The molecule has 1 amide bonds. The van der Waals surface area contributed by atoms with Crippen LogP contribution in [0, 0.1) is 13.8 Å². The second kappa shape index (κ2) is 9.69. The monoisotopic (exact) mass is 403 g/mol. The molecule has 1 N–H and O–H groups in total. The first-order valence-electron chi connectivity index (χ1n) is 9.82. The number of para-hydroxylation sites is 1. The molecule has 0 spiro atoms. The van der Waals surface area contributed by atoms with E-state index in [-0.39, 0.29) is 18.3 Å². The highest BCUT2D eigenvalue weighted by Gasteiger charge is 2.17. The van der Waals surface area contributed by atoms with E-state index in [0.717, 1.165) is 28.2 Å². The van der Waals surface area contributed by atoms with Gasteiger partial charge in [0.2, 0.25) is 5.91 Å². The summed E-state index contributed by atoms with van der Waals surface area (Å²) in [5.74, 6) is -0.539. The minimum atomic E-state index is -0.357. The van der Waals surface area contributed by atoms with Crippen LogP contribution in [0.15, 0.2) is 65.8 Å². The van der Waals surface area contributed by atoms with Crippen molar-refractivity contribution in [3.63, 3.8) is 0 Å². The number of esters is 1. The van der Waals surface area contributed by atoms with Crippen LogP contribution in [0.5, 0.6) is 0 Å². The highest BCUT2D eigenvalue weighted by molar-refractivity contribution is 5.94. The van der Waals surface area contributed by atoms with Crippen LogP contribution in [0.25, 0.3) is 5.69 Å². The van der Waals surface area contributed by atoms with Crippen molar-refractivity contribution in [2.75, 3.05) is 6.61 Å². The summed E-state index contributed by atoms with van der Waals surface area (Å²) in [5, 5.41) is 4.10. The number of benzene rings is 2. The third-order valence-corrected chi connectivity index (χ3v) is 4.71. The number of hydrogen-bond donors (Lipinski definition) is 1. The Labute approximate surface area is 176 Å². The zero-order valence-corrected chi connectivity index (χ0v) is 17.4. The van der Waals surface area contributed by atoms with Crippen LogP contribution < -0.4 is 5.43 Å². The van der Waals surface area contributed by atoms with E-state index in [9.17, 15) is 9.59 Å². The Hall–Kier alpha value is -3.67. The Bertz CT molecular complexity index is 1070. The molecule has 154 valence electrons. The summed E-state index contributed by atoms with van der Waals surface area (Å²) in [5.41, 5.74) is 7.45. The lowest BCUT2D eigenvalue weighted by Crippen LogP contribution is -2.19. The number of hydrogen-bond acceptors (Lipinski definition) is 4. The number of rotatable bonds is 7. The molecule has 6 nitrogen and oxygen atoms in total. The zero-order chi connectivity index (χ0) is 21.5. The standard InChI is InChI=1S/C24H25N3O3/c1-4-30-24(29)21-12-8-9-13-22(21)27-17(2)14-20(18(27)3)16-25-26-23(28)15-19-10-6-5-7-11-19/h5-14,16H,4,15H2,1-3H3,(H,26,28)/b25-16-. The van der Waals surface area contributed by atoms with E-state index < -0.39 is 0 Å². The Morgan fingerprint density at radius 2 is 1.77 bits per heavy atom. The van der Waals surface area contributed by atoms with E-state index in [1.807, 2.05) is 73.0 Å². The van der Waals surface area contributed by atoms with Crippen molar-refractivity contribution in [1.82, 2.24) is 9.99 Å². The topological polar surface area (TPSA) is 72.7 Å². The fourth-order valence-electron chi connectivity index (χ4n) is 3.33. The quantitative estimate of drug-likeness (QED) is 0.369. The van der Waals surface area contributed by atoms with Gasteiger partial charge < -0.3 is 9.30 Å². The first-order chi connectivity index (χ1) is 14.5. The van der Waals surface area contributed by atoms with Gasteiger partial charge in [0, 0.05) is 17.0 Å². The van der Waals surface area contributed by atoms with Gasteiger partial charge in [0.1, 0.15) is 0 Å². The smallest absolute Gasteiger partial charge is 0.340 e. The number of aryl methyl sites for hydroxylation is 1. The van der Waals surface area contributed by atoms with Crippen molar-refractivity contribution in [3.05, 3.63) is 88.7 Å². The summed E-state index contributed by atoms with van der Waals surface area (Å²) >= 11 is 0. The van der Waals surface area contributed by atoms with Gasteiger partial charge >= 0.3 is 5.97 Å². The maximum absolute atomic E-state index is 12.4. The van der Waals surface area contributed by atoms with E-state index in [0.29, 0.717) is 12.2 Å². The predicted molar refractivity (Wildman–Crippen MR) is 117 cm³/mol. The van der Waals surface area contributed by atoms with Crippen molar-refractivity contribution in [2.45, 2.75) is 27.2 Å². The number of nitrogens with zero attached hydrogens (tertiary/aromatic N) is 2. The van der Waals surface area contributed by atoms with Crippen molar-refractivity contribution in [3.8, 4) is 5.69 Å². The second-order valence-corrected chi connectivity index (χ2v) is 6.86. The number of aromatic nitrogens is 1. The van der Waals surface area contributed by atoms with Crippen molar-refractivity contribution >= 4 is 18.1 Å². The molecule has 2 aromatic carbocycles. The molecule has 0 aliphatic heterocycles. The summed E-state index contributed by atoms with van der Waals surface area (Å²) in [4.78, 5) is 24.4. The van der Waals surface area contributed by atoms with Gasteiger partial charge in [0.05, 0.1) is 30.5 Å². The number of hydrazone groups is 1. The number of amides is 1. The summed E-state index contributed by atoms with van der Waals surface area (Å²) in [6.07, 6.45) is 1.89. The van der Waals surface area contributed by atoms with E-state index >= 15 is 0 Å². The van der Waals surface area contributed by atoms with Crippen LogP contribution in [0.2, 0.25) is 0 Å². The SMILES string of the molecule is CCOC(=O)c1ccccc1-n1c(C)cc(/C=N\NC(=O)Cc2ccccc2)c1C. The number of carbonyl (C=O) groups excluding carboxylic acids is 2. The average molecular weight is 403 g/mol. The number of nitrogens with one attached hydrogen (secondary N) is 1. The third kappa shape index (κ3) is 4.84. The van der Waals surface area contributed by atoms with Gasteiger partial charge in [0.25, 0.3) is 0 Å². The summed E-state index contributed by atoms with van der Waals surface area (Å²) in [6, 6.07) is 18.8. The zero-order valence-electron chi connectivity index (χ0n) is 17.4. The molecule has 0 unspecified atom stereocenters. The molecular weight excluding hydrogens is 378 g/mol. The van der Waals surface area contributed by atoms with E-state index in [4.69, 9.17) is 4.74 Å². The summed E-state index contributed by atoms with van der Waals surface area (Å²) < 4.78 is 7.18. The molecule has 1 aromatic heterocycles. The molecule has 0 saturated carbocycles. The Balaban J connectivity index is 1.79. The first-order valence-corrected chi connectivity index (χ1v) is 9.82. The minimum Gasteiger partial charge on any atom is -0.462 e. The second-order valence-electron chi connectivity index (χ2n) is 6.86. The number of ether oxygens (including phenoxy) is 1. The van der Waals surface area contributed by atoms with Gasteiger partial charge in [-0.2, -0.15) is 5.10 Å². The maximum atomic E-state index is 12.4. The predicted octanol–water partition coefficient (Wildman–Crippen LogP) is 3.96. The molecule has 3 aromatic rings. The molecule has 0 fully saturated rings. The molecule has 0 aliphatic carbocycles. The largest absolute Gasteiger partial charge is 0.462 e. The Morgan fingerprint density at radius 3 is 2.50 bits per heavy atom. The first kappa shape index (κ1) is 21.0. The van der Waals surface area contributed by atoms with Crippen LogP contribution in [0.1, 0.15) is 39.8 Å². The molecule has 0 aliphatic rings. The lowest BCUT2D eigenvalue weighted by Gasteiger charge is -2.14. The van der Waals surface area contributed by atoms with Crippen LogP contribution in [-0.2, 0) is 16.0 Å². The fourth-order valence-corrected chi connectivity index (χ4v) is 3.33. The molecule has 0 atom stereocenters. The van der Waals surface area contributed by atoms with Crippen LogP contribution >= 0.6 is 0 Å². The van der Waals surface area contributed by atoms with Crippen molar-refractivity contribution in [2.24, 2.45) is 5.10 Å². The van der Waals surface area contributed by atoms with Gasteiger partial charge in [0.15, 0.2) is 0 Å². The summed E-state index contributed by atoms with van der Waals surface area (Å²) in [7, 11) is 0. The average Bonchev–Trinajstić information content (AvgIpc) is 3.02.